The van der Waals surface area contributed by atoms with Crippen molar-refractivity contribution in [3.8, 4) is 0 Å². The standard InChI is InChI=1S/C18H35O4P.Zn/c1-2-3-4-5-6-7-8-9-10-11-12-13-14-15-16-17-18(19)22-23(20)21;/h2-17H2,1H3;/q-2;+2. The average molecular weight is 412 g/mol. The van der Waals surface area contributed by atoms with E-state index in [-0.39, 0.29) is 25.9 Å². The third kappa shape index (κ3) is 22.4. The molecule has 0 spiro atoms. The largest absolute Gasteiger partial charge is 2.00 e. The first-order valence-corrected chi connectivity index (χ1v) is 10.6. The van der Waals surface area contributed by atoms with E-state index in [4.69, 9.17) is 0 Å². The molecule has 0 saturated heterocycles. The van der Waals surface area contributed by atoms with Crippen molar-refractivity contribution in [3.63, 3.8) is 0 Å². The van der Waals surface area contributed by atoms with E-state index in [0.29, 0.717) is 0 Å². The van der Waals surface area contributed by atoms with Crippen molar-refractivity contribution < 1.29 is 38.6 Å². The first-order valence-electron chi connectivity index (χ1n) is 9.52. The van der Waals surface area contributed by atoms with Crippen LogP contribution in [0, 0.1) is 0 Å². The molecule has 0 aromatic carbocycles. The predicted octanol–water partition coefficient (Wildman–Crippen LogP) is 4.74. The van der Waals surface area contributed by atoms with Gasteiger partial charge in [-0.05, 0) is 6.42 Å². The fourth-order valence-corrected chi connectivity index (χ4v) is 3.03. The molecule has 0 aliphatic heterocycles. The molecule has 0 aliphatic rings. The van der Waals surface area contributed by atoms with Crippen molar-refractivity contribution in [2.45, 2.75) is 110 Å². The van der Waals surface area contributed by atoms with Gasteiger partial charge in [0.2, 0.25) is 0 Å². The average Bonchev–Trinajstić information content (AvgIpc) is 2.50. The van der Waals surface area contributed by atoms with Crippen molar-refractivity contribution in [2.75, 3.05) is 0 Å². The summed E-state index contributed by atoms with van der Waals surface area (Å²) in [5.41, 5.74) is 0. The van der Waals surface area contributed by atoms with Gasteiger partial charge >= 0.3 is 25.4 Å². The second-order valence-electron chi connectivity index (χ2n) is 6.39. The molecular formula is C18H35O4PZn. The monoisotopic (exact) mass is 410 g/mol. The maximum Gasteiger partial charge on any atom is 2.00 e. The van der Waals surface area contributed by atoms with Crippen LogP contribution in [-0.2, 0) is 28.8 Å². The Balaban J connectivity index is 0. The van der Waals surface area contributed by atoms with E-state index in [1.807, 2.05) is 0 Å². The van der Waals surface area contributed by atoms with Crippen molar-refractivity contribution in [2.24, 2.45) is 0 Å². The van der Waals surface area contributed by atoms with Crippen LogP contribution in [0.2, 0.25) is 0 Å². The van der Waals surface area contributed by atoms with E-state index < -0.39 is 14.6 Å². The molecule has 0 unspecified atom stereocenters. The summed E-state index contributed by atoms with van der Waals surface area (Å²) in [6.07, 6.45) is 19.3. The summed E-state index contributed by atoms with van der Waals surface area (Å²) in [5, 5.41) is 0. The third-order valence-corrected chi connectivity index (χ3v) is 4.51. The van der Waals surface area contributed by atoms with Crippen molar-refractivity contribution in [1.82, 2.24) is 0 Å². The molecule has 0 fully saturated rings. The number of unbranched alkanes of at least 4 members (excludes halogenated alkanes) is 14. The topological polar surface area (TPSA) is 72.4 Å². The molecule has 0 N–H and O–H groups in total. The SMILES string of the molecule is CCCCCCCCCCCCCCCCCC(=O)OP([O-])[O-].[Zn+2]. The summed E-state index contributed by atoms with van der Waals surface area (Å²) in [7, 11) is -3.03. The smallest absolute Gasteiger partial charge is 0.810 e. The fraction of sp³-hybridized carbons (Fsp3) is 0.944. The molecule has 0 aliphatic carbocycles. The molecule has 6 heteroatoms. The molecule has 0 atom stereocenters. The Kier molecular flexibility index (Phi) is 23.9. The number of carbonyl (C=O) groups excluding carboxylic acids is 1. The molecule has 0 saturated carbocycles. The van der Waals surface area contributed by atoms with Crippen molar-refractivity contribution in [1.29, 1.82) is 0 Å². The summed E-state index contributed by atoms with van der Waals surface area (Å²) in [4.78, 5) is 31.3. The molecule has 0 aromatic heterocycles. The predicted molar refractivity (Wildman–Crippen MR) is 92.6 cm³/mol. The maximum atomic E-state index is 11.0. The van der Waals surface area contributed by atoms with Crippen LogP contribution < -0.4 is 9.79 Å². The van der Waals surface area contributed by atoms with Crippen molar-refractivity contribution >= 4 is 14.6 Å². The van der Waals surface area contributed by atoms with Crippen LogP contribution in [0.15, 0.2) is 0 Å². The van der Waals surface area contributed by atoms with Crippen LogP contribution in [0.5, 0.6) is 0 Å². The van der Waals surface area contributed by atoms with Gasteiger partial charge in [0, 0.05) is 6.42 Å². The number of rotatable bonds is 17. The summed E-state index contributed by atoms with van der Waals surface area (Å²) >= 11 is 0. The molecule has 24 heavy (non-hydrogen) atoms. The fourth-order valence-electron chi connectivity index (χ4n) is 2.77. The first-order chi connectivity index (χ1) is 11.2. The Hall–Kier alpha value is 0.443. The molecule has 138 valence electrons. The van der Waals surface area contributed by atoms with Gasteiger partial charge in [0.05, 0.1) is 0 Å². The third-order valence-electron chi connectivity index (χ3n) is 4.16. The van der Waals surface area contributed by atoms with Gasteiger partial charge in [0.1, 0.15) is 0 Å². The molecule has 4 nitrogen and oxygen atoms in total. The molecule has 0 aromatic rings. The van der Waals surface area contributed by atoms with Gasteiger partial charge in [0.15, 0.2) is 0 Å². The van der Waals surface area contributed by atoms with Gasteiger partial charge < -0.3 is 14.3 Å². The van der Waals surface area contributed by atoms with E-state index in [1.54, 1.807) is 0 Å². The van der Waals surface area contributed by atoms with Gasteiger partial charge in [-0.2, -0.15) is 0 Å². The number of hydrogen-bond donors (Lipinski definition) is 0. The maximum absolute atomic E-state index is 11.0. The molecular weight excluding hydrogens is 377 g/mol. The van der Waals surface area contributed by atoms with Crippen molar-refractivity contribution in [3.05, 3.63) is 0 Å². The second-order valence-corrected chi connectivity index (χ2v) is 7.02. The van der Waals surface area contributed by atoms with Crippen LogP contribution in [0.1, 0.15) is 110 Å². The Bertz CT molecular complexity index is 265. The molecule has 0 heterocycles. The van der Waals surface area contributed by atoms with E-state index >= 15 is 0 Å². The zero-order valence-electron chi connectivity index (χ0n) is 15.6. The van der Waals surface area contributed by atoms with Crippen LogP contribution >= 0.6 is 8.60 Å². The quantitative estimate of drug-likeness (QED) is 0.197. The normalized spacial score (nSPS) is 10.7. The minimum atomic E-state index is -3.03. The van der Waals surface area contributed by atoms with Crippen LogP contribution in [-0.4, -0.2) is 5.97 Å². The van der Waals surface area contributed by atoms with Gasteiger partial charge in [-0.25, -0.2) is 0 Å². The van der Waals surface area contributed by atoms with Gasteiger partial charge in [-0.1, -0.05) is 105 Å². The van der Waals surface area contributed by atoms with Gasteiger partial charge in [0.25, 0.3) is 0 Å². The zero-order chi connectivity index (χ0) is 17.2. The van der Waals surface area contributed by atoms with Crippen LogP contribution in [0.4, 0.5) is 0 Å². The van der Waals surface area contributed by atoms with Crippen LogP contribution in [0.25, 0.3) is 0 Å². The van der Waals surface area contributed by atoms with Gasteiger partial charge in [-0.15, -0.1) is 0 Å². The Morgan fingerprint density at radius 1 is 0.708 bits per heavy atom. The minimum Gasteiger partial charge on any atom is -0.810 e. The summed E-state index contributed by atoms with van der Waals surface area (Å²) in [6, 6.07) is 0. The Morgan fingerprint density at radius 3 is 1.38 bits per heavy atom. The second kappa shape index (κ2) is 21.5. The molecule has 0 radical (unpaired) electrons. The molecule has 0 rings (SSSR count). The summed E-state index contributed by atoms with van der Waals surface area (Å²) in [5.74, 6) is -0.629. The molecule has 0 amide bonds. The van der Waals surface area contributed by atoms with E-state index in [9.17, 15) is 14.6 Å². The van der Waals surface area contributed by atoms with E-state index in [2.05, 4.69) is 11.4 Å². The number of carbonyl (C=O) groups is 1. The minimum absolute atomic E-state index is 0. The van der Waals surface area contributed by atoms with Gasteiger partial charge in [-0.3, -0.25) is 4.79 Å². The number of hydrogen-bond acceptors (Lipinski definition) is 4. The summed E-state index contributed by atoms with van der Waals surface area (Å²) < 4.78 is 4.08. The summed E-state index contributed by atoms with van der Waals surface area (Å²) in [6.45, 7) is 2.26. The zero-order valence-corrected chi connectivity index (χ0v) is 19.5. The Labute approximate surface area is 162 Å². The molecule has 0 bridgehead atoms. The van der Waals surface area contributed by atoms with Crippen LogP contribution in [0.3, 0.4) is 0 Å². The Morgan fingerprint density at radius 2 is 1.04 bits per heavy atom. The van der Waals surface area contributed by atoms with E-state index in [0.717, 1.165) is 19.3 Å². The van der Waals surface area contributed by atoms with E-state index in [1.165, 1.54) is 77.0 Å². The first kappa shape index (κ1) is 26.7.